The first-order valence-electron chi connectivity index (χ1n) is 10.9. The molecule has 0 bridgehead atoms. The molecule has 1 aromatic rings. The first-order chi connectivity index (χ1) is 15.7. The molecule has 2 heterocycles. The Balaban J connectivity index is 1.87. The first kappa shape index (κ1) is 25.1. The number of ether oxygens (including phenoxy) is 1. The fourth-order valence-electron chi connectivity index (χ4n) is 4.15. The van der Waals surface area contributed by atoms with E-state index in [1.807, 2.05) is 0 Å². The number of allylic oxidation sites excluding steroid dienone is 1. The summed E-state index contributed by atoms with van der Waals surface area (Å²) in [6, 6.07) is 4.31. The van der Waals surface area contributed by atoms with Crippen molar-refractivity contribution in [3.05, 3.63) is 45.1 Å². The van der Waals surface area contributed by atoms with E-state index < -0.39 is 23.8 Å². The summed E-state index contributed by atoms with van der Waals surface area (Å²) in [5, 5.41) is 6.15. The van der Waals surface area contributed by atoms with Gasteiger partial charge in [0.1, 0.15) is 12.6 Å². The van der Waals surface area contributed by atoms with Crippen molar-refractivity contribution in [3.8, 4) is 0 Å². The maximum atomic E-state index is 13.0. The van der Waals surface area contributed by atoms with Gasteiger partial charge in [-0.25, -0.2) is 4.79 Å². The van der Waals surface area contributed by atoms with Crippen molar-refractivity contribution in [1.29, 1.82) is 0 Å². The molecule has 3 rings (SSSR count). The van der Waals surface area contributed by atoms with Crippen molar-refractivity contribution in [3.63, 3.8) is 0 Å². The molecular formula is C23H27Cl2N3O5. The molecule has 3 amide bonds. The lowest BCUT2D eigenvalue weighted by Gasteiger charge is -2.34. The first-order valence-corrected chi connectivity index (χ1v) is 11.7. The maximum absolute atomic E-state index is 13.0. The van der Waals surface area contributed by atoms with Gasteiger partial charge >= 0.3 is 5.97 Å². The van der Waals surface area contributed by atoms with E-state index in [0.717, 1.165) is 12.8 Å². The van der Waals surface area contributed by atoms with Gasteiger partial charge in [0, 0.05) is 24.6 Å². The zero-order valence-corrected chi connectivity index (χ0v) is 20.1. The number of esters is 1. The third-order valence-electron chi connectivity index (χ3n) is 5.84. The molecule has 2 atom stereocenters. The number of hydrogen-bond acceptors (Lipinski definition) is 5. The summed E-state index contributed by atoms with van der Waals surface area (Å²) in [4.78, 5) is 52.0. The van der Waals surface area contributed by atoms with Crippen LogP contribution in [0.1, 0.15) is 51.0 Å². The zero-order chi connectivity index (χ0) is 24.1. The summed E-state index contributed by atoms with van der Waals surface area (Å²) in [5.74, 6) is -2.17. The molecule has 2 N–H and O–H groups in total. The maximum Gasteiger partial charge on any atom is 0.336 e. The Kier molecular flexibility index (Phi) is 8.37. The molecule has 0 aromatic heterocycles. The van der Waals surface area contributed by atoms with E-state index in [-0.39, 0.29) is 37.0 Å². The molecule has 178 valence electrons. The minimum atomic E-state index is -0.641. The van der Waals surface area contributed by atoms with Gasteiger partial charge in [-0.2, -0.15) is 0 Å². The number of halogens is 2. The average molecular weight is 496 g/mol. The Morgan fingerprint density at radius 3 is 2.67 bits per heavy atom. The van der Waals surface area contributed by atoms with E-state index >= 15 is 0 Å². The molecule has 0 spiro atoms. The molecule has 0 aliphatic carbocycles. The number of rotatable bonds is 6. The van der Waals surface area contributed by atoms with Crippen LogP contribution in [0.15, 0.2) is 29.5 Å². The quantitative estimate of drug-likeness (QED) is 0.590. The van der Waals surface area contributed by atoms with Crippen LogP contribution in [0.4, 0.5) is 0 Å². The predicted octanol–water partition coefficient (Wildman–Crippen LogP) is 2.93. The van der Waals surface area contributed by atoms with Gasteiger partial charge in [0.05, 0.1) is 22.2 Å². The van der Waals surface area contributed by atoms with Gasteiger partial charge in [-0.1, -0.05) is 29.3 Å². The minimum absolute atomic E-state index is 0.0410. The van der Waals surface area contributed by atoms with Crippen LogP contribution < -0.4 is 10.6 Å². The monoisotopic (exact) mass is 495 g/mol. The molecule has 2 aliphatic rings. The Morgan fingerprint density at radius 1 is 1.21 bits per heavy atom. The van der Waals surface area contributed by atoms with Crippen LogP contribution in [0.2, 0.25) is 10.0 Å². The second-order valence-corrected chi connectivity index (χ2v) is 8.85. The summed E-state index contributed by atoms with van der Waals surface area (Å²) < 4.78 is 5.25. The predicted molar refractivity (Wildman–Crippen MR) is 124 cm³/mol. The average Bonchev–Trinajstić information content (AvgIpc) is 2.96. The number of nitrogens with zero attached hydrogens (tertiary/aromatic N) is 1. The summed E-state index contributed by atoms with van der Waals surface area (Å²) in [6.07, 6.45) is 2.15. The second kappa shape index (κ2) is 11.0. The lowest BCUT2D eigenvalue weighted by Crippen LogP contribution is -2.50. The fourth-order valence-corrected chi connectivity index (χ4v) is 4.46. The van der Waals surface area contributed by atoms with Gasteiger partial charge in [0.2, 0.25) is 17.7 Å². The van der Waals surface area contributed by atoms with Crippen molar-refractivity contribution >= 4 is 46.9 Å². The van der Waals surface area contributed by atoms with Crippen LogP contribution >= 0.6 is 23.2 Å². The van der Waals surface area contributed by atoms with Crippen LogP contribution in [-0.4, -0.2) is 54.3 Å². The molecule has 8 nitrogen and oxygen atoms in total. The molecule has 1 fully saturated rings. The van der Waals surface area contributed by atoms with Gasteiger partial charge in [-0.15, -0.1) is 0 Å². The zero-order valence-electron chi connectivity index (χ0n) is 18.6. The third-order valence-corrected chi connectivity index (χ3v) is 6.58. The largest absolute Gasteiger partial charge is 0.463 e. The fraction of sp³-hybridized carbons (Fsp3) is 0.478. The van der Waals surface area contributed by atoms with Crippen molar-refractivity contribution in [1.82, 2.24) is 15.5 Å². The number of carbonyl (C=O) groups excluding carboxylic acids is 4. The number of amides is 3. The molecule has 33 heavy (non-hydrogen) atoms. The van der Waals surface area contributed by atoms with Crippen LogP contribution in [0.5, 0.6) is 0 Å². The number of carbonyl (C=O) groups is 4. The summed E-state index contributed by atoms with van der Waals surface area (Å²) >= 11 is 12.2. The highest BCUT2D eigenvalue weighted by molar-refractivity contribution is 6.42. The van der Waals surface area contributed by atoms with Crippen molar-refractivity contribution in [2.45, 2.75) is 51.5 Å². The van der Waals surface area contributed by atoms with Crippen molar-refractivity contribution in [2.24, 2.45) is 0 Å². The molecule has 10 heteroatoms. The SMILES string of the molecule is CCOC(=O)C1=C(C)N(CC(=O)NC2CCCCNC2=O)C(=O)CC1c1ccc(Cl)c(Cl)c1. The second-order valence-electron chi connectivity index (χ2n) is 8.04. The standard InChI is InChI=1S/C23H27Cl2N3O5/c1-3-33-23(32)21-13(2)28(12-19(29)27-18-6-4-5-9-26-22(18)31)20(30)11-15(21)14-7-8-16(24)17(25)10-14/h7-8,10,15,18H,3-6,9,11-12H2,1-2H3,(H,26,31)(H,27,29). The van der Waals surface area contributed by atoms with Crippen molar-refractivity contribution in [2.75, 3.05) is 19.7 Å². The molecule has 2 unspecified atom stereocenters. The summed E-state index contributed by atoms with van der Waals surface area (Å²) in [7, 11) is 0. The van der Waals surface area contributed by atoms with Gasteiger partial charge in [-0.3, -0.25) is 14.4 Å². The van der Waals surface area contributed by atoms with Crippen LogP contribution in [0.3, 0.4) is 0 Å². The molecular weight excluding hydrogens is 469 g/mol. The Bertz CT molecular complexity index is 994. The van der Waals surface area contributed by atoms with Gasteiger partial charge in [-0.05, 0) is 50.8 Å². The van der Waals surface area contributed by atoms with E-state index in [9.17, 15) is 19.2 Å². The van der Waals surface area contributed by atoms with Crippen LogP contribution in [-0.2, 0) is 23.9 Å². The minimum Gasteiger partial charge on any atom is -0.463 e. The lowest BCUT2D eigenvalue weighted by molar-refractivity contribution is -0.141. The number of hydrogen-bond donors (Lipinski definition) is 2. The highest BCUT2D eigenvalue weighted by Gasteiger charge is 2.38. The van der Waals surface area contributed by atoms with Gasteiger partial charge in [0.15, 0.2) is 0 Å². The van der Waals surface area contributed by atoms with E-state index in [2.05, 4.69) is 10.6 Å². The normalized spacial score (nSPS) is 21.4. The van der Waals surface area contributed by atoms with E-state index in [0.29, 0.717) is 34.3 Å². The number of nitrogens with one attached hydrogen (secondary N) is 2. The smallest absolute Gasteiger partial charge is 0.336 e. The molecule has 1 saturated heterocycles. The topological polar surface area (TPSA) is 105 Å². The molecule has 1 aromatic carbocycles. The van der Waals surface area contributed by atoms with Crippen LogP contribution in [0.25, 0.3) is 0 Å². The van der Waals surface area contributed by atoms with E-state index in [4.69, 9.17) is 27.9 Å². The number of benzene rings is 1. The summed E-state index contributed by atoms with van der Waals surface area (Å²) in [6.45, 7) is 3.75. The summed E-state index contributed by atoms with van der Waals surface area (Å²) in [5.41, 5.74) is 1.27. The Labute approximate surface area is 202 Å². The van der Waals surface area contributed by atoms with E-state index in [1.165, 1.54) is 4.90 Å². The molecule has 2 aliphatic heterocycles. The Hall–Kier alpha value is -2.58. The van der Waals surface area contributed by atoms with Gasteiger partial charge < -0.3 is 20.3 Å². The van der Waals surface area contributed by atoms with Crippen LogP contribution in [0, 0.1) is 0 Å². The lowest BCUT2D eigenvalue weighted by atomic mass is 9.83. The van der Waals surface area contributed by atoms with Crippen molar-refractivity contribution < 1.29 is 23.9 Å². The highest BCUT2D eigenvalue weighted by Crippen LogP contribution is 2.38. The van der Waals surface area contributed by atoms with Gasteiger partial charge in [0.25, 0.3) is 0 Å². The highest BCUT2D eigenvalue weighted by atomic mass is 35.5. The molecule has 0 radical (unpaired) electrons. The van der Waals surface area contributed by atoms with E-state index in [1.54, 1.807) is 32.0 Å². The molecule has 0 saturated carbocycles. The third kappa shape index (κ3) is 5.86. The Morgan fingerprint density at radius 2 is 1.97 bits per heavy atom.